The summed E-state index contributed by atoms with van der Waals surface area (Å²) in [5.74, 6) is 2.37. The molecule has 0 aromatic heterocycles. The molecule has 1 unspecified atom stereocenters. The molecule has 0 spiro atoms. The third-order valence-electron chi connectivity index (χ3n) is 1.79. The van der Waals surface area contributed by atoms with Crippen LogP contribution in [-0.2, 0) is 0 Å². The van der Waals surface area contributed by atoms with Crippen LogP contribution in [0.1, 0.15) is 33.1 Å². The molecule has 0 saturated heterocycles. The second kappa shape index (κ2) is 6.75. The predicted molar refractivity (Wildman–Crippen MR) is 56.5 cm³/mol. The summed E-state index contributed by atoms with van der Waals surface area (Å²) < 4.78 is 0. The van der Waals surface area contributed by atoms with E-state index in [-0.39, 0.29) is 0 Å². The van der Waals surface area contributed by atoms with Gasteiger partial charge >= 0.3 is 0 Å². The molecule has 0 aromatic carbocycles. The Balaban J connectivity index is 3.19. The van der Waals surface area contributed by atoms with Gasteiger partial charge in [-0.25, -0.2) is 0 Å². The SMILES string of the molecule is CCCSCCCC(C)(O)CN. The summed E-state index contributed by atoms with van der Waals surface area (Å²) >= 11 is 1.95. The number of rotatable bonds is 7. The van der Waals surface area contributed by atoms with Crippen LogP contribution in [0.25, 0.3) is 0 Å². The summed E-state index contributed by atoms with van der Waals surface area (Å²) in [6, 6.07) is 0. The maximum absolute atomic E-state index is 9.55. The highest BCUT2D eigenvalue weighted by atomic mass is 32.2. The van der Waals surface area contributed by atoms with Crippen LogP contribution in [0.15, 0.2) is 0 Å². The smallest absolute Gasteiger partial charge is 0.0741 e. The molecule has 3 heteroatoms. The van der Waals surface area contributed by atoms with Crippen LogP contribution in [0.3, 0.4) is 0 Å². The van der Waals surface area contributed by atoms with E-state index in [4.69, 9.17) is 5.73 Å². The molecule has 74 valence electrons. The fraction of sp³-hybridized carbons (Fsp3) is 1.00. The van der Waals surface area contributed by atoms with Gasteiger partial charge in [0.1, 0.15) is 0 Å². The number of thioether (sulfide) groups is 1. The summed E-state index contributed by atoms with van der Waals surface area (Å²) in [7, 11) is 0. The van der Waals surface area contributed by atoms with Crippen LogP contribution in [0.4, 0.5) is 0 Å². The highest BCUT2D eigenvalue weighted by molar-refractivity contribution is 7.99. The van der Waals surface area contributed by atoms with E-state index in [9.17, 15) is 5.11 Å². The molecule has 0 heterocycles. The second-order valence-electron chi connectivity index (χ2n) is 3.42. The first kappa shape index (κ1) is 12.3. The van der Waals surface area contributed by atoms with E-state index in [2.05, 4.69) is 6.92 Å². The van der Waals surface area contributed by atoms with Crippen molar-refractivity contribution in [2.75, 3.05) is 18.1 Å². The summed E-state index contributed by atoms with van der Waals surface area (Å²) in [6.07, 6.45) is 3.12. The van der Waals surface area contributed by atoms with Crippen molar-refractivity contribution in [3.05, 3.63) is 0 Å². The Morgan fingerprint density at radius 3 is 2.58 bits per heavy atom. The lowest BCUT2D eigenvalue weighted by Gasteiger charge is -2.20. The molecule has 2 nitrogen and oxygen atoms in total. The van der Waals surface area contributed by atoms with Gasteiger partial charge in [-0.05, 0) is 37.7 Å². The molecule has 0 fully saturated rings. The molecule has 0 aromatic rings. The van der Waals surface area contributed by atoms with Gasteiger partial charge in [0.25, 0.3) is 0 Å². The number of hydrogen-bond acceptors (Lipinski definition) is 3. The lowest BCUT2D eigenvalue weighted by atomic mass is 10.0. The molecule has 1 atom stereocenters. The first-order valence-corrected chi connectivity index (χ1v) is 5.78. The van der Waals surface area contributed by atoms with Gasteiger partial charge in [0.15, 0.2) is 0 Å². The zero-order valence-corrected chi connectivity index (χ0v) is 8.99. The number of aliphatic hydroxyl groups is 1. The Kier molecular flexibility index (Phi) is 6.90. The number of hydrogen-bond donors (Lipinski definition) is 2. The molecule has 0 rings (SSSR count). The molecule has 0 amide bonds. The largest absolute Gasteiger partial charge is 0.389 e. The highest BCUT2D eigenvalue weighted by Gasteiger charge is 2.16. The topological polar surface area (TPSA) is 46.2 Å². The quantitative estimate of drug-likeness (QED) is 0.601. The van der Waals surface area contributed by atoms with E-state index in [1.54, 1.807) is 6.92 Å². The van der Waals surface area contributed by atoms with Gasteiger partial charge in [-0.1, -0.05) is 6.92 Å². The Hall–Kier alpha value is 0.270. The summed E-state index contributed by atoms with van der Waals surface area (Å²) in [6.45, 7) is 4.35. The van der Waals surface area contributed by atoms with Gasteiger partial charge in [-0.2, -0.15) is 11.8 Å². The fourth-order valence-corrected chi connectivity index (χ4v) is 1.74. The average molecular weight is 191 g/mol. The van der Waals surface area contributed by atoms with Crippen LogP contribution in [0.2, 0.25) is 0 Å². The number of nitrogens with two attached hydrogens (primary N) is 1. The molecular weight excluding hydrogens is 170 g/mol. The van der Waals surface area contributed by atoms with Crippen molar-refractivity contribution >= 4 is 11.8 Å². The second-order valence-corrected chi connectivity index (χ2v) is 4.64. The van der Waals surface area contributed by atoms with E-state index >= 15 is 0 Å². The van der Waals surface area contributed by atoms with Gasteiger partial charge in [0.05, 0.1) is 5.60 Å². The van der Waals surface area contributed by atoms with E-state index in [0.29, 0.717) is 6.54 Å². The monoisotopic (exact) mass is 191 g/mol. The van der Waals surface area contributed by atoms with E-state index in [0.717, 1.165) is 18.6 Å². The Labute approximate surface area is 79.9 Å². The lowest BCUT2D eigenvalue weighted by Crippen LogP contribution is -2.34. The summed E-state index contributed by atoms with van der Waals surface area (Å²) in [5, 5.41) is 9.55. The first-order chi connectivity index (χ1) is 5.62. The van der Waals surface area contributed by atoms with Crippen LogP contribution in [-0.4, -0.2) is 28.8 Å². The predicted octanol–water partition coefficient (Wildman–Crippen LogP) is 1.62. The maximum atomic E-state index is 9.55. The molecule has 0 aliphatic heterocycles. The highest BCUT2D eigenvalue weighted by Crippen LogP contribution is 2.13. The minimum absolute atomic E-state index is 0.367. The Bertz CT molecular complexity index is 107. The van der Waals surface area contributed by atoms with E-state index < -0.39 is 5.60 Å². The van der Waals surface area contributed by atoms with Gasteiger partial charge < -0.3 is 10.8 Å². The zero-order chi connectivity index (χ0) is 9.45. The van der Waals surface area contributed by atoms with Crippen LogP contribution in [0, 0.1) is 0 Å². The molecular formula is C9H21NOS. The summed E-state index contributed by atoms with van der Waals surface area (Å²) in [5.41, 5.74) is 4.74. The minimum Gasteiger partial charge on any atom is -0.389 e. The third kappa shape index (κ3) is 6.95. The molecule has 3 N–H and O–H groups in total. The fourth-order valence-electron chi connectivity index (χ4n) is 0.904. The maximum Gasteiger partial charge on any atom is 0.0741 e. The van der Waals surface area contributed by atoms with Gasteiger partial charge in [0, 0.05) is 6.54 Å². The van der Waals surface area contributed by atoms with Gasteiger partial charge in [0.2, 0.25) is 0 Å². The van der Waals surface area contributed by atoms with Crippen molar-refractivity contribution in [3.8, 4) is 0 Å². The average Bonchev–Trinajstić information content (AvgIpc) is 2.04. The zero-order valence-electron chi connectivity index (χ0n) is 8.18. The van der Waals surface area contributed by atoms with Crippen molar-refractivity contribution in [2.24, 2.45) is 5.73 Å². The van der Waals surface area contributed by atoms with Crippen molar-refractivity contribution in [2.45, 2.75) is 38.7 Å². The van der Waals surface area contributed by atoms with E-state index in [1.165, 1.54) is 12.2 Å². The Morgan fingerprint density at radius 2 is 2.08 bits per heavy atom. The van der Waals surface area contributed by atoms with Gasteiger partial charge in [-0.3, -0.25) is 0 Å². The van der Waals surface area contributed by atoms with Crippen LogP contribution >= 0.6 is 11.8 Å². The molecule has 0 saturated carbocycles. The summed E-state index contributed by atoms with van der Waals surface area (Å²) in [4.78, 5) is 0. The standard InChI is InChI=1S/C9H21NOS/c1-3-6-12-7-4-5-9(2,11)8-10/h11H,3-8,10H2,1-2H3. The van der Waals surface area contributed by atoms with Crippen LogP contribution in [0.5, 0.6) is 0 Å². The molecule has 0 aliphatic rings. The van der Waals surface area contributed by atoms with Crippen molar-refractivity contribution in [3.63, 3.8) is 0 Å². The van der Waals surface area contributed by atoms with Crippen molar-refractivity contribution < 1.29 is 5.11 Å². The first-order valence-electron chi connectivity index (χ1n) is 4.62. The molecule has 0 radical (unpaired) electrons. The molecule has 0 aliphatic carbocycles. The normalized spacial score (nSPS) is 16.0. The van der Waals surface area contributed by atoms with Gasteiger partial charge in [-0.15, -0.1) is 0 Å². The molecule has 12 heavy (non-hydrogen) atoms. The third-order valence-corrected chi connectivity index (χ3v) is 3.07. The van der Waals surface area contributed by atoms with Crippen LogP contribution < -0.4 is 5.73 Å². The van der Waals surface area contributed by atoms with Crippen molar-refractivity contribution in [1.29, 1.82) is 0 Å². The Morgan fingerprint density at radius 1 is 1.42 bits per heavy atom. The lowest BCUT2D eigenvalue weighted by molar-refractivity contribution is 0.0596. The molecule has 0 bridgehead atoms. The van der Waals surface area contributed by atoms with E-state index in [1.807, 2.05) is 11.8 Å². The minimum atomic E-state index is -0.646. The van der Waals surface area contributed by atoms with Crippen molar-refractivity contribution in [1.82, 2.24) is 0 Å².